The molecule has 24 heavy (non-hydrogen) atoms. The molecule has 0 aliphatic heterocycles. The van der Waals surface area contributed by atoms with Gasteiger partial charge >= 0.3 is 17.9 Å². The van der Waals surface area contributed by atoms with E-state index in [2.05, 4.69) is 20.4 Å². The molecule has 0 saturated heterocycles. The molecule has 0 saturated carbocycles. The van der Waals surface area contributed by atoms with Crippen LogP contribution in [0.5, 0.6) is 0 Å². The molecule has 0 amide bonds. The molecular formula is C14H14N4O6. The predicted octanol–water partition coefficient (Wildman–Crippen LogP) is 0.240. The molecule has 0 aromatic heterocycles. The van der Waals surface area contributed by atoms with Gasteiger partial charge in [-0.2, -0.15) is 5.26 Å². The lowest BCUT2D eigenvalue weighted by Crippen LogP contribution is -2.32. The molecule has 126 valence electrons. The summed E-state index contributed by atoms with van der Waals surface area (Å²) < 4.78 is 4.55. The Morgan fingerprint density at radius 1 is 1.29 bits per heavy atom. The number of nitriles is 1. The predicted molar refractivity (Wildman–Crippen MR) is 81.3 cm³/mol. The lowest BCUT2D eigenvalue weighted by molar-refractivity contribution is -0.144. The van der Waals surface area contributed by atoms with Crippen LogP contribution < -0.4 is 10.6 Å². The van der Waals surface area contributed by atoms with Gasteiger partial charge in [-0.3, -0.25) is 10.1 Å². The number of aliphatic imine (C=N–C) groups is 1. The highest BCUT2D eigenvalue weighted by atomic mass is 16.5. The van der Waals surface area contributed by atoms with Crippen molar-refractivity contribution in [2.75, 3.05) is 12.4 Å². The van der Waals surface area contributed by atoms with Crippen molar-refractivity contribution >= 4 is 29.6 Å². The van der Waals surface area contributed by atoms with E-state index in [-0.39, 0.29) is 5.96 Å². The maximum atomic E-state index is 11.3. The first-order valence-corrected chi connectivity index (χ1v) is 6.50. The van der Waals surface area contributed by atoms with Crippen LogP contribution in [-0.4, -0.2) is 47.2 Å². The number of aliphatic carboxylic acids is 2. The summed E-state index contributed by atoms with van der Waals surface area (Å²) in [5.74, 6) is -3.56. The van der Waals surface area contributed by atoms with Crippen LogP contribution in [0.25, 0.3) is 0 Å². The Hall–Kier alpha value is -3.61. The highest BCUT2D eigenvalue weighted by Crippen LogP contribution is 2.11. The van der Waals surface area contributed by atoms with Gasteiger partial charge in [-0.15, -0.1) is 0 Å². The van der Waals surface area contributed by atoms with Crippen LogP contribution in [0.1, 0.15) is 16.8 Å². The number of carboxylic acid groups (broad SMARTS) is 2. The number of methoxy groups -OCH3 is 1. The molecule has 0 fully saturated rings. The fourth-order valence-electron chi connectivity index (χ4n) is 1.60. The normalized spacial score (nSPS) is 11.8. The van der Waals surface area contributed by atoms with Gasteiger partial charge < -0.3 is 20.3 Å². The monoisotopic (exact) mass is 334 g/mol. The second-order valence-electron chi connectivity index (χ2n) is 4.36. The Labute approximate surface area is 136 Å². The molecule has 4 N–H and O–H groups in total. The largest absolute Gasteiger partial charge is 0.481 e. The van der Waals surface area contributed by atoms with Crippen molar-refractivity contribution in [3.63, 3.8) is 0 Å². The maximum Gasteiger partial charge on any atom is 0.337 e. The second-order valence-corrected chi connectivity index (χ2v) is 4.36. The molecule has 0 radical (unpaired) electrons. The molecule has 1 aromatic rings. The molecule has 0 heterocycles. The summed E-state index contributed by atoms with van der Waals surface area (Å²) in [4.78, 5) is 36.7. The number of anilines is 1. The number of ether oxygens (including phenoxy) is 1. The van der Waals surface area contributed by atoms with Gasteiger partial charge in [0.05, 0.1) is 19.1 Å². The van der Waals surface area contributed by atoms with E-state index in [1.165, 1.54) is 31.4 Å². The number of hydrogen-bond acceptors (Lipinski definition) is 6. The Kier molecular flexibility index (Phi) is 6.72. The number of carboxylic acids is 2. The quantitative estimate of drug-likeness (QED) is 0.188. The first-order chi connectivity index (χ1) is 11.4. The summed E-state index contributed by atoms with van der Waals surface area (Å²) in [6, 6.07) is 4.29. The first kappa shape index (κ1) is 18.4. The summed E-state index contributed by atoms with van der Waals surface area (Å²) >= 11 is 0. The number of carbonyl (C=O) groups excluding carboxylic acids is 1. The lowest BCUT2D eigenvalue weighted by atomic mass is 10.2. The van der Waals surface area contributed by atoms with Crippen LogP contribution in [0.2, 0.25) is 0 Å². The Morgan fingerprint density at radius 3 is 2.38 bits per heavy atom. The Balaban J connectivity index is 2.97. The van der Waals surface area contributed by atoms with E-state index in [0.29, 0.717) is 11.3 Å². The van der Waals surface area contributed by atoms with Crippen LogP contribution in [0.4, 0.5) is 5.69 Å². The molecule has 0 aliphatic carbocycles. The van der Waals surface area contributed by atoms with Crippen LogP contribution in [0.3, 0.4) is 0 Å². The van der Waals surface area contributed by atoms with Crippen molar-refractivity contribution in [1.82, 2.24) is 5.32 Å². The third-order valence-corrected chi connectivity index (χ3v) is 2.68. The van der Waals surface area contributed by atoms with Crippen LogP contribution in [-0.2, 0) is 14.3 Å². The van der Waals surface area contributed by atoms with E-state index in [4.69, 9.17) is 15.5 Å². The fourth-order valence-corrected chi connectivity index (χ4v) is 1.60. The molecule has 0 spiro atoms. The molecular weight excluding hydrogens is 320 g/mol. The number of nitrogens with zero attached hydrogens (tertiary/aromatic N) is 2. The highest BCUT2D eigenvalue weighted by molar-refractivity contribution is 5.97. The zero-order valence-electron chi connectivity index (χ0n) is 12.5. The minimum absolute atomic E-state index is 0.239. The smallest absolute Gasteiger partial charge is 0.337 e. The minimum Gasteiger partial charge on any atom is -0.481 e. The van der Waals surface area contributed by atoms with Gasteiger partial charge in [0.25, 0.3) is 0 Å². The van der Waals surface area contributed by atoms with Gasteiger partial charge in [0.1, 0.15) is 0 Å². The SMILES string of the molecule is COC(=O)c1ccc(NC(=N[C@@H](CC(=O)O)C(=O)O)NC#N)cc1. The van der Waals surface area contributed by atoms with Crippen molar-refractivity contribution in [1.29, 1.82) is 5.26 Å². The van der Waals surface area contributed by atoms with Crippen molar-refractivity contribution < 1.29 is 29.3 Å². The number of rotatable bonds is 6. The minimum atomic E-state index is -1.57. The molecule has 1 rings (SSSR count). The van der Waals surface area contributed by atoms with E-state index in [1.807, 2.05) is 0 Å². The van der Waals surface area contributed by atoms with Crippen LogP contribution in [0, 0.1) is 11.5 Å². The number of benzene rings is 1. The number of hydrogen-bond donors (Lipinski definition) is 4. The van der Waals surface area contributed by atoms with Crippen molar-refractivity contribution in [2.24, 2.45) is 4.99 Å². The topological polar surface area (TPSA) is 161 Å². The molecule has 1 aromatic carbocycles. The number of guanidine groups is 1. The summed E-state index contributed by atoms with van der Waals surface area (Å²) in [5.41, 5.74) is 0.688. The van der Waals surface area contributed by atoms with E-state index >= 15 is 0 Å². The number of nitrogens with one attached hydrogen (secondary N) is 2. The summed E-state index contributed by atoms with van der Waals surface area (Å²) in [5, 5.41) is 31.1. The number of esters is 1. The Morgan fingerprint density at radius 2 is 1.92 bits per heavy atom. The average Bonchev–Trinajstić information content (AvgIpc) is 2.53. The van der Waals surface area contributed by atoms with Crippen LogP contribution >= 0.6 is 0 Å². The first-order valence-electron chi connectivity index (χ1n) is 6.50. The van der Waals surface area contributed by atoms with E-state index in [0.717, 1.165) is 0 Å². The van der Waals surface area contributed by atoms with E-state index in [9.17, 15) is 14.4 Å². The molecule has 0 unspecified atom stereocenters. The highest BCUT2D eigenvalue weighted by Gasteiger charge is 2.21. The average molecular weight is 334 g/mol. The lowest BCUT2D eigenvalue weighted by Gasteiger charge is -2.11. The van der Waals surface area contributed by atoms with Gasteiger partial charge in [0, 0.05) is 5.69 Å². The molecule has 0 aliphatic rings. The van der Waals surface area contributed by atoms with Gasteiger partial charge in [-0.05, 0) is 24.3 Å². The zero-order valence-corrected chi connectivity index (χ0v) is 12.5. The second kappa shape index (κ2) is 8.74. The third-order valence-electron chi connectivity index (χ3n) is 2.68. The van der Waals surface area contributed by atoms with Gasteiger partial charge in [-0.25, -0.2) is 14.6 Å². The zero-order chi connectivity index (χ0) is 18.1. The van der Waals surface area contributed by atoms with Gasteiger partial charge in [-0.1, -0.05) is 0 Å². The van der Waals surface area contributed by atoms with Crippen molar-refractivity contribution in [3.05, 3.63) is 29.8 Å². The third kappa shape index (κ3) is 5.64. The maximum absolute atomic E-state index is 11.3. The molecule has 10 nitrogen and oxygen atoms in total. The summed E-state index contributed by atoms with van der Waals surface area (Å²) in [6.07, 6.45) is 0.825. The fraction of sp³-hybridized carbons (Fsp3) is 0.214. The van der Waals surface area contributed by atoms with Crippen molar-refractivity contribution in [3.8, 4) is 6.19 Å². The van der Waals surface area contributed by atoms with Gasteiger partial charge in [0.15, 0.2) is 12.2 Å². The van der Waals surface area contributed by atoms with E-state index < -0.39 is 30.4 Å². The van der Waals surface area contributed by atoms with Crippen molar-refractivity contribution in [2.45, 2.75) is 12.5 Å². The molecule has 1 atom stereocenters. The number of carbonyl (C=O) groups is 3. The summed E-state index contributed by atoms with van der Waals surface area (Å²) in [6.45, 7) is 0. The Bertz CT molecular complexity index is 692. The van der Waals surface area contributed by atoms with Gasteiger partial charge in [0.2, 0.25) is 5.96 Å². The van der Waals surface area contributed by atoms with E-state index in [1.54, 1.807) is 6.19 Å². The summed E-state index contributed by atoms with van der Waals surface area (Å²) in [7, 11) is 1.24. The van der Waals surface area contributed by atoms with Crippen LogP contribution in [0.15, 0.2) is 29.3 Å². The molecule has 10 heteroatoms. The standard InChI is InChI=1S/C14H14N4O6/c1-24-13(23)8-2-4-9(5-3-8)17-14(16-7-15)18-10(12(21)22)6-11(19)20/h2-5,10H,6H2,1H3,(H,19,20)(H,21,22)(H2,16,17,18)/t10-/m0/s1. The molecule has 0 bridgehead atoms.